The Bertz CT molecular complexity index is 420. The largest absolute Gasteiger partial charge is 0.469 e. The van der Waals surface area contributed by atoms with Crippen LogP contribution < -0.4 is 0 Å². The Kier molecular flexibility index (Phi) is 4.01. The van der Waals surface area contributed by atoms with Gasteiger partial charge in [0, 0.05) is 13.6 Å². The molecule has 1 saturated heterocycles. The van der Waals surface area contributed by atoms with E-state index in [9.17, 15) is 4.79 Å². The van der Waals surface area contributed by atoms with Crippen molar-refractivity contribution in [2.24, 2.45) is 13.0 Å². The van der Waals surface area contributed by atoms with Crippen LogP contribution >= 0.6 is 0 Å². The summed E-state index contributed by atoms with van der Waals surface area (Å²) >= 11 is 0. The van der Waals surface area contributed by atoms with Crippen LogP contribution in [0.1, 0.15) is 24.2 Å². The summed E-state index contributed by atoms with van der Waals surface area (Å²) in [6, 6.07) is 2.12. The monoisotopic (exact) mass is 251 g/mol. The molecule has 0 saturated carbocycles. The second kappa shape index (κ2) is 5.52. The zero-order valence-electron chi connectivity index (χ0n) is 11.3. The number of likely N-dealkylation sites (tertiary alicyclic amines) is 1. The van der Waals surface area contributed by atoms with Crippen LogP contribution in [0.3, 0.4) is 0 Å². The van der Waals surface area contributed by atoms with Crippen molar-refractivity contribution in [3.05, 3.63) is 17.5 Å². The van der Waals surface area contributed by atoms with Crippen molar-refractivity contribution < 1.29 is 9.53 Å². The zero-order valence-corrected chi connectivity index (χ0v) is 11.3. The standard InChI is InChI=1S/C13H21N3O2/c1-10-8-12(15(2)14-10)9-16-6-4-11(5-7-16)13(17)18-3/h8,11H,4-7,9H2,1-3H3. The van der Waals surface area contributed by atoms with E-state index >= 15 is 0 Å². The van der Waals surface area contributed by atoms with Gasteiger partial charge in [0.15, 0.2) is 0 Å². The lowest BCUT2D eigenvalue weighted by atomic mass is 9.97. The van der Waals surface area contributed by atoms with E-state index in [1.807, 2.05) is 18.7 Å². The number of ether oxygens (including phenoxy) is 1. The van der Waals surface area contributed by atoms with Crippen LogP contribution in [-0.4, -0.2) is 40.8 Å². The average molecular weight is 251 g/mol. The molecular formula is C13H21N3O2. The van der Waals surface area contributed by atoms with E-state index in [1.54, 1.807) is 0 Å². The number of piperidine rings is 1. The van der Waals surface area contributed by atoms with Gasteiger partial charge in [0.05, 0.1) is 24.4 Å². The Morgan fingerprint density at radius 2 is 2.17 bits per heavy atom. The van der Waals surface area contributed by atoms with Gasteiger partial charge in [0.25, 0.3) is 0 Å². The molecule has 0 unspecified atom stereocenters. The van der Waals surface area contributed by atoms with Crippen molar-refractivity contribution in [2.75, 3.05) is 20.2 Å². The third-order valence-corrected chi connectivity index (χ3v) is 3.61. The van der Waals surface area contributed by atoms with Gasteiger partial charge in [0.2, 0.25) is 0 Å². The molecule has 5 nitrogen and oxygen atoms in total. The van der Waals surface area contributed by atoms with Gasteiger partial charge in [-0.2, -0.15) is 5.10 Å². The first-order valence-corrected chi connectivity index (χ1v) is 6.40. The van der Waals surface area contributed by atoms with Crippen LogP contribution in [-0.2, 0) is 23.1 Å². The summed E-state index contributed by atoms with van der Waals surface area (Å²) in [5, 5.41) is 4.35. The Morgan fingerprint density at radius 1 is 1.50 bits per heavy atom. The molecule has 1 fully saturated rings. The fourth-order valence-electron chi connectivity index (χ4n) is 2.53. The van der Waals surface area contributed by atoms with E-state index < -0.39 is 0 Å². The Labute approximate surface area is 108 Å². The number of hydrogen-bond acceptors (Lipinski definition) is 4. The van der Waals surface area contributed by atoms with E-state index in [0.29, 0.717) is 0 Å². The van der Waals surface area contributed by atoms with Crippen LogP contribution in [0.25, 0.3) is 0 Å². The summed E-state index contributed by atoms with van der Waals surface area (Å²) in [4.78, 5) is 13.8. The highest BCUT2D eigenvalue weighted by Crippen LogP contribution is 2.20. The van der Waals surface area contributed by atoms with Gasteiger partial charge in [-0.05, 0) is 38.9 Å². The van der Waals surface area contributed by atoms with Crippen molar-refractivity contribution in [1.29, 1.82) is 0 Å². The molecule has 0 N–H and O–H groups in total. The van der Waals surface area contributed by atoms with Crippen molar-refractivity contribution in [2.45, 2.75) is 26.3 Å². The highest BCUT2D eigenvalue weighted by atomic mass is 16.5. The molecule has 0 spiro atoms. The highest BCUT2D eigenvalue weighted by molar-refractivity contribution is 5.72. The molecule has 0 amide bonds. The predicted molar refractivity (Wildman–Crippen MR) is 68.0 cm³/mol. The third-order valence-electron chi connectivity index (χ3n) is 3.61. The van der Waals surface area contributed by atoms with Crippen molar-refractivity contribution in [3.63, 3.8) is 0 Å². The summed E-state index contributed by atoms with van der Waals surface area (Å²) in [6.07, 6.45) is 1.78. The molecule has 100 valence electrons. The molecule has 0 bridgehead atoms. The molecule has 5 heteroatoms. The number of aryl methyl sites for hydroxylation is 2. The molecule has 0 aromatic carbocycles. The lowest BCUT2D eigenvalue weighted by Crippen LogP contribution is -2.36. The van der Waals surface area contributed by atoms with Gasteiger partial charge in [-0.25, -0.2) is 0 Å². The number of methoxy groups -OCH3 is 1. The zero-order chi connectivity index (χ0) is 13.1. The molecule has 0 radical (unpaired) electrons. The Morgan fingerprint density at radius 3 is 2.67 bits per heavy atom. The number of nitrogens with zero attached hydrogens (tertiary/aromatic N) is 3. The molecule has 1 aliphatic heterocycles. The molecule has 1 aromatic heterocycles. The van der Waals surface area contributed by atoms with E-state index in [4.69, 9.17) is 4.74 Å². The Hall–Kier alpha value is -1.36. The van der Waals surface area contributed by atoms with E-state index in [2.05, 4.69) is 16.1 Å². The first-order valence-electron chi connectivity index (χ1n) is 6.40. The van der Waals surface area contributed by atoms with Gasteiger partial charge in [-0.15, -0.1) is 0 Å². The number of rotatable bonds is 3. The topological polar surface area (TPSA) is 47.4 Å². The lowest BCUT2D eigenvalue weighted by Gasteiger charge is -2.30. The Balaban J connectivity index is 1.87. The van der Waals surface area contributed by atoms with Crippen LogP contribution in [0.4, 0.5) is 0 Å². The fraction of sp³-hybridized carbons (Fsp3) is 0.692. The van der Waals surface area contributed by atoms with Gasteiger partial charge in [-0.1, -0.05) is 0 Å². The summed E-state index contributed by atoms with van der Waals surface area (Å²) in [7, 11) is 3.44. The summed E-state index contributed by atoms with van der Waals surface area (Å²) < 4.78 is 6.73. The molecule has 2 rings (SSSR count). The summed E-state index contributed by atoms with van der Waals surface area (Å²) in [5.74, 6) is 0.0190. The number of carbonyl (C=O) groups is 1. The van der Waals surface area contributed by atoms with Gasteiger partial charge >= 0.3 is 5.97 Å². The molecule has 0 atom stereocenters. The summed E-state index contributed by atoms with van der Waals surface area (Å²) in [5.41, 5.74) is 2.28. The van der Waals surface area contributed by atoms with E-state index in [0.717, 1.165) is 38.2 Å². The fourth-order valence-corrected chi connectivity index (χ4v) is 2.53. The third kappa shape index (κ3) is 2.90. The van der Waals surface area contributed by atoms with Crippen LogP contribution in [0.5, 0.6) is 0 Å². The van der Waals surface area contributed by atoms with E-state index in [1.165, 1.54) is 12.8 Å². The lowest BCUT2D eigenvalue weighted by molar-refractivity contribution is -0.147. The molecule has 18 heavy (non-hydrogen) atoms. The SMILES string of the molecule is COC(=O)C1CCN(Cc2cc(C)nn2C)CC1. The average Bonchev–Trinajstić information content (AvgIpc) is 2.68. The second-order valence-electron chi connectivity index (χ2n) is 4.97. The molecule has 2 heterocycles. The van der Waals surface area contributed by atoms with E-state index in [-0.39, 0.29) is 11.9 Å². The van der Waals surface area contributed by atoms with Crippen LogP contribution in [0.2, 0.25) is 0 Å². The van der Waals surface area contributed by atoms with Crippen LogP contribution in [0, 0.1) is 12.8 Å². The van der Waals surface area contributed by atoms with Crippen molar-refractivity contribution in [3.8, 4) is 0 Å². The number of carbonyl (C=O) groups excluding carboxylic acids is 1. The highest BCUT2D eigenvalue weighted by Gasteiger charge is 2.25. The molecule has 1 aliphatic rings. The first kappa shape index (κ1) is 13.1. The predicted octanol–water partition coefficient (Wildman–Crippen LogP) is 1.11. The minimum absolute atomic E-state index is 0.0639. The normalized spacial score (nSPS) is 17.9. The maximum absolute atomic E-state index is 11.4. The molecular weight excluding hydrogens is 230 g/mol. The first-order chi connectivity index (χ1) is 8.60. The van der Waals surface area contributed by atoms with Gasteiger partial charge in [0.1, 0.15) is 0 Å². The van der Waals surface area contributed by atoms with Crippen LogP contribution in [0.15, 0.2) is 6.07 Å². The number of esters is 1. The maximum Gasteiger partial charge on any atom is 0.308 e. The minimum Gasteiger partial charge on any atom is -0.469 e. The van der Waals surface area contributed by atoms with Gasteiger partial charge in [-0.3, -0.25) is 14.4 Å². The smallest absolute Gasteiger partial charge is 0.308 e. The second-order valence-corrected chi connectivity index (χ2v) is 4.97. The summed E-state index contributed by atoms with van der Waals surface area (Å²) in [6.45, 7) is 4.81. The quantitative estimate of drug-likeness (QED) is 0.755. The maximum atomic E-state index is 11.4. The molecule has 1 aromatic rings. The van der Waals surface area contributed by atoms with Crippen molar-refractivity contribution >= 4 is 5.97 Å². The number of hydrogen-bond donors (Lipinski definition) is 0. The number of aromatic nitrogens is 2. The minimum atomic E-state index is -0.0639. The van der Waals surface area contributed by atoms with Crippen molar-refractivity contribution in [1.82, 2.24) is 14.7 Å². The molecule has 0 aliphatic carbocycles. The van der Waals surface area contributed by atoms with Gasteiger partial charge < -0.3 is 4.74 Å².